The molecule has 1 aromatic carbocycles. The second-order valence-electron chi connectivity index (χ2n) is 8.88. The summed E-state index contributed by atoms with van der Waals surface area (Å²) in [4.78, 5) is 14.8. The summed E-state index contributed by atoms with van der Waals surface area (Å²) in [6, 6.07) is 6.16. The Balaban J connectivity index is 1.58. The van der Waals surface area contributed by atoms with Crippen LogP contribution in [0.25, 0.3) is 11.4 Å². The molecular formula is C24H34N4O4S. The van der Waals surface area contributed by atoms with Crippen molar-refractivity contribution in [1.82, 2.24) is 19.7 Å². The Labute approximate surface area is 200 Å². The van der Waals surface area contributed by atoms with Crippen LogP contribution < -0.4 is 9.47 Å². The van der Waals surface area contributed by atoms with Gasteiger partial charge >= 0.3 is 0 Å². The van der Waals surface area contributed by atoms with Crippen molar-refractivity contribution in [3.63, 3.8) is 0 Å². The van der Waals surface area contributed by atoms with Gasteiger partial charge in [0.15, 0.2) is 22.5 Å². The van der Waals surface area contributed by atoms with E-state index >= 15 is 0 Å². The number of aromatic nitrogens is 3. The Morgan fingerprint density at radius 2 is 1.76 bits per heavy atom. The smallest absolute Gasteiger partial charge is 0.233 e. The summed E-state index contributed by atoms with van der Waals surface area (Å²) < 4.78 is 18.9. The first-order chi connectivity index (χ1) is 16.0. The van der Waals surface area contributed by atoms with Crippen LogP contribution in [0.2, 0.25) is 0 Å². The van der Waals surface area contributed by atoms with Crippen LogP contribution in [0.4, 0.5) is 0 Å². The highest BCUT2D eigenvalue weighted by Crippen LogP contribution is 2.38. The van der Waals surface area contributed by atoms with Gasteiger partial charge < -0.3 is 19.1 Å². The molecule has 1 aliphatic carbocycles. The lowest BCUT2D eigenvalue weighted by atomic mass is 9.95. The standard InChI is InChI=1S/C24H34N4O4S/c1-16-13-27(14-17(2)32-16)22(29)15-33-24-26-25-23(28(24)19-8-6-5-7-9-19)18-10-11-20(30-3)21(12-18)31-4/h10-12,16-17,19H,5-9,13-15H2,1-4H3/t16-,17-/m0/s1. The van der Waals surface area contributed by atoms with Crippen LogP contribution in [0.5, 0.6) is 11.5 Å². The minimum atomic E-state index is 0.0604. The summed E-state index contributed by atoms with van der Waals surface area (Å²) in [5, 5.41) is 9.88. The van der Waals surface area contributed by atoms with Gasteiger partial charge in [-0.05, 0) is 44.9 Å². The molecule has 2 fully saturated rings. The Kier molecular flexibility index (Phi) is 7.80. The van der Waals surface area contributed by atoms with E-state index in [1.807, 2.05) is 36.9 Å². The van der Waals surface area contributed by atoms with Crippen LogP contribution in [-0.4, -0.2) is 70.8 Å². The fourth-order valence-corrected chi connectivity index (χ4v) is 5.72. The molecule has 1 aromatic heterocycles. The van der Waals surface area contributed by atoms with Crippen molar-refractivity contribution in [3.8, 4) is 22.9 Å². The highest BCUT2D eigenvalue weighted by Gasteiger charge is 2.28. The molecule has 2 aromatic rings. The maximum atomic E-state index is 12.9. The van der Waals surface area contributed by atoms with Crippen LogP contribution in [0.15, 0.2) is 23.4 Å². The number of carbonyl (C=O) groups is 1. The molecule has 2 heterocycles. The van der Waals surface area contributed by atoms with E-state index in [1.165, 1.54) is 31.0 Å². The fourth-order valence-electron chi connectivity index (χ4n) is 4.82. The van der Waals surface area contributed by atoms with Gasteiger partial charge in [0.1, 0.15) is 0 Å². The second-order valence-corrected chi connectivity index (χ2v) is 9.82. The molecule has 0 N–H and O–H groups in total. The lowest BCUT2D eigenvalue weighted by Crippen LogP contribution is -2.48. The first kappa shape index (κ1) is 23.9. The second kappa shape index (κ2) is 10.8. The number of ether oxygens (including phenoxy) is 3. The molecule has 0 unspecified atom stereocenters. The zero-order chi connectivity index (χ0) is 23.4. The summed E-state index contributed by atoms with van der Waals surface area (Å²) in [5.74, 6) is 2.61. The molecule has 1 amide bonds. The number of benzene rings is 1. The minimum Gasteiger partial charge on any atom is -0.493 e. The zero-order valence-corrected chi connectivity index (χ0v) is 20.8. The number of hydrogen-bond donors (Lipinski definition) is 0. The number of carbonyl (C=O) groups excluding carboxylic acids is 1. The van der Waals surface area contributed by atoms with Crippen molar-refractivity contribution in [2.24, 2.45) is 0 Å². The summed E-state index contributed by atoms with van der Waals surface area (Å²) in [6.45, 7) is 5.29. The number of methoxy groups -OCH3 is 2. The first-order valence-electron chi connectivity index (χ1n) is 11.7. The van der Waals surface area contributed by atoms with Crippen LogP contribution in [0.3, 0.4) is 0 Å². The Morgan fingerprint density at radius 3 is 2.42 bits per heavy atom. The van der Waals surface area contributed by atoms with Gasteiger partial charge in [-0.15, -0.1) is 10.2 Å². The number of thioether (sulfide) groups is 1. The van der Waals surface area contributed by atoms with E-state index in [-0.39, 0.29) is 18.1 Å². The average Bonchev–Trinajstić information content (AvgIpc) is 3.26. The molecule has 2 aliphatic rings. The molecular weight excluding hydrogens is 440 g/mol. The molecule has 1 saturated heterocycles. The Morgan fingerprint density at radius 1 is 1.06 bits per heavy atom. The van der Waals surface area contributed by atoms with Gasteiger partial charge in [-0.1, -0.05) is 31.0 Å². The highest BCUT2D eigenvalue weighted by atomic mass is 32.2. The van der Waals surface area contributed by atoms with Crippen LogP contribution in [-0.2, 0) is 9.53 Å². The van der Waals surface area contributed by atoms with Gasteiger partial charge in [0.2, 0.25) is 5.91 Å². The molecule has 1 aliphatic heterocycles. The molecule has 180 valence electrons. The van der Waals surface area contributed by atoms with E-state index in [2.05, 4.69) is 14.8 Å². The molecule has 33 heavy (non-hydrogen) atoms. The van der Waals surface area contributed by atoms with E-state index in [1.54, 1.807) is 14.2 Å². The molecule has 1 saturated carbocycles. The largest absolute Gasteiger partial charge is 0.493 e. The molecule has 9 heteroatoms. The van der Waals surface area contributed by atoms with Gasteiger partial charge in [-0.3, -0.25) is 9.36 Å². The topological polar surface area (TPSA) is 78.7 Å². The fraction of sp³-hybridized carbons (Fsp3) is 0.625. The molecule has 0 bridgehead atoms. The van der Waals surface area contributed by atoms with Crippen molar-refractivity contribution in [1.29, 1.82) is 0 Å². The molecule has 0 spiro atoms. The molecule has 2 atom stereocenters. The Bertz CT molecular complexity index is 950. The van der Waals surface area contributed by atoms with Crippen molar-refractivity contribution in [3.05, 3.63) is 18.2 Å². The van der Waals surface area contributed by atoms with E-state index in [0.29, 0.717) is 36.4 Å². The molecule has 0 radical (unpaired) electrons. The van der Waals surface area contributed by atoms with Crippen molar-refractivity contribution in [2.45, 2.75) is 69.4 Å². The third-order valence-corrected chi connectivity index (χ3v) is 7.27. The lowest BCUT2D eigenvalue weighted by Gasteiger charge is -2.35. The van der Waals surface area contributed by atoms with Gasteiger partial charge in [0.25, 0.3) is 0 Å². The minimum absolute atomic E-state index is 0.0604. The van der Waals surface area contributed by atoms with Crippen molar-refractivity contribution in [2.75, 3.05) is 33.1 Å². The number of morpholine rings is 1. The lowest BCUT2D eigenvalue weighted by molar-refractivity contribution is -0.140. The van der Waals surface area contributed by atoms with E-state index in [4.69, 9.17) is 14.2 Å². The quantitative estimate of drug-likeness (QED) is 0.557. The molecule has 8 nitrogen and oxygen atoms in total. The number of nitrogens with zero attached hydrogens (tertiary/aromatic N) is 4. The van der Waals surface area contributed by atoms with Gasteiger partial charge in [-0.2, -0.15) is 0 Å². The van der Waals surface area contributed by atoms with E-state index in [9.17, 15) is 4.79 Å². The number of hydrogen-bond acceptors (Lipinski definition) is 7. The zero-order valence-electron chi connectivity index (χ0n) is 20.0. The van der Waals surface area contributed by atoms with Gasteiger partial charge in [0.05, 0.1) is 32.2 Å². The SMILES string of the molecule is COc1ccc(-c2nnc(SCC(=O)N3C[C@H](C)O[C@@H](C)C3)n2C2CCCCC2)cc1OC. The first-order valence-corrected chi connectivity index (χ1v) is 12.7. The average molecular weight is 475 g/mol. The Hall–Kier alpha value is -2.26. The number of rotatable bonds is 7. The van der Waals surface area contributed by atoms with Crippen LogP contribution in [0, 0.1) is 0 Å². The maximum absolute atomic E-state index is 12.9. The van der Waals surface area contributed by atoms with Gasteiger partial charge in [0, 0.05) is 24.7 Å². The monoisotopic (exact) mass is 474 g/mol. The predicted octanol–water partition coefficient (Wildman–Crippen LogP) is 4.20. The highest BCUT2D eigenvalue weighted by molar-refractivity contribution is 7.99. The summed E-state index contributed by atoms with van der Waals surface area (Å²) in [7, 11) is 3.26. The van der Waals surface area contributed by atoms with Crippen LogP contribution in [0.1, 0.15) is 52.0 Å². The molecule has 4 rings (SSSR count). The summed E-state index contributed by atoms with van der Waals surface area (Å²) >= 11 is 1.48. The van der Waals surface area contributed by atoms with Crippen molar-refractivity contribution < 1.29 is 19.0 Å². The van der Waals surface area contributed by atoms with E-state index < -0.39 is 0 Å². The normalized spacial score (nSPS) is 21.8. The summed E-state index contributed by atoms with van der Waals surface area (Å²) in [5.41, 5.74) is 0.930. The van der Waals surface area contributed by atoms with Crippen molar-refractivity contribution >= 4 is 17.7 Å². The third kappa shape index (κ3) is 5.46. The predicted molar refractivity (Wildman–Crippen MR) is 128 cm³/mol. The third-order valence-electron chi connectivity index (χ3n) is 6.34. The van der Waals surface area contributed by atoms with E-state index in [0.717, 1.165) is 29.4 Å². The summed E-state index contributed by atoms with van der Waals surface area (Å²) in [6.07, 6.45) is 5.97. The van der Waals surface area contributed by atoms with Gasteiger partial charge in [-0.25, -0.2) is 0 Å². The number of amides is 1. The maximum Gasteiger partial charge on any atom is 0.233 e. The van der Waals surface area contributed by atoms with Crippen LogP contribution >= 0.6 is 11.8 Å².